The molecule has 18 heavy (non-hydrogen) atoms. The molecule has 0 aliphatic heterocycles. The van der Waals surface area contributed by atoms with E-state index in [4.69, 9.17) is 23.8 Å². The van der Waals surface area contributed by atoms with Gasteiger partial charge in [-0.05, 0) is 50.0 Å². The van der Waals surface area contributed by atoms with E-state index >= 15 is 0 Å². The fourth-order valence-electron chi connectivity index (χ4n) is 2.44. The Hall–Kier alpha value is -1.13. The Bertz CT molecular complexity index is 743. The minimum Gasteiger partial charge on any atom is -0.330 e. The molecular weight excluding hydrogens is 268 g/mol. The Labute approximate surface area is 114 Å². The highest BCUT2D eigenvalue weighted by Gasteiger charge is 2.23. The number of benzene rings is 1. The first-order valence-electron chi connectivity index (χ1n) is 6.03. The van der Waals surface area contributed by atoms with Gasteiger partial charge in [-0.1, -0.05) is 17.7 Å². The van der Waals surface area contributed by atoms with Gasteiger partial charge in [-0.25, -0.2) is 0 Å². The standard InChI is InChI=1S/C13H13ClN2OS/c1-7-5-6-9(14)11-10(7)12(17)16(13(18)15-11)8-3-2-4-8/h5-6,8H,2-4H2,1H3,(H,15,18). The molecule has 0 amide bonds. The van der Waals surface area contributed by atoms with Gasteiger partial charge < -0.3 is 4.98 Å². The molecular formula is C13H13ClN2OS. The maximum Gasteiger partial charge on any atom is 0.262 e. The van der Waals surface area contributed by atoms with E-state index in [2.05, 4.69) is 4.98 Å². The van der Waals surface area contributed by atoms with Crippen LogP contribution in [0, 0.1) is 11.7 Å². The molecule has 0 bridgehead atoms. The summed E-state index contributed by atoms with van der Waals surface area (Å²) in [5.41, 5.74) is 1.57. The number of aromatic nitrogens is 2. The molecule has 1 aliphatic carbocycles. The second-order valence-electron chi connectivity index (χ2n) is 4.80. The van der Waals surface area contributed by atoms with Gasteiger partial charge in [0.25, 0.3) is 5.56 Å². The number of nitrogens with zero attached hydrogens (tertiary/aromatic N) is 1. The number of fused-ring (bicyclic) bond motifs is 1. The molecule has 1 aromatic carbocycles. The number of rotatable bonds is 1. The van der Waals surface area contributed by atoms with Crippen molar-refractivity contribution in [2.75, 3.05) is 0 Å². The molecule has 0 saturated heterocycles. The summed E-state index contributed by atoms with van der Waals surface area (Å²) in [5.74, 6) is 0. The van der Waals surface area contributed by atoms with Crippen LogP contribution in [0.5, 0.6) is 0 Å². The fraction of sp³-hybridized carbons (Fsp3) is 0.385. The summed E-state index contributed by atoms with van der Waals surface area (Å²) in [4.78, 5) is 15.7. The lowest BCUT2D eigenvalue weighted by Crippen LogP contribution is -2.30. The number of aromatic amines is 1. The first kappa shape index (κ1) is 11.9. The van der Waals surface area contributed by atoms with Gasteiger partial charge in [-0.2, -0.15) is 0 Å². The van der Waals surface area contributed by atoms with Crippen LogP contribution in [-0.2, 0) is 0 Å². The molecule has 3 nitrogen and oxygen atoms in total. The zero-order valence-electron chi connectivity index (χ0n) is 10.00. The highest BCUT2D eigenvalue weighted by atomic mass is 35.5. The van der Waals surface area contributed by atoms with Crippen LogP contribution in [0.4, 0.5) is 0 Å². The van der Waals surface area contributed by atoms with Crippen LogP contribution in [0.1, 0.15) is 30.9 Å². The number of hydrogen-bond donors (Lipinski definition) is 1. The quantitative estimate of drug-likeness (QED) is 0.808. The molecule has 0 spiro atoms. The van der Waals surface area contributed by atoms with Crippen molar-refractivity contribution in [3.05, 3.63) is 37.8 Å². The Morgan fingerprint density at radius 3 is 2.78 bits per heavy atom. The summed E-state index contributed by atoms with van der Waals surface area (Å²) < 4.78 is 2.19. The summed E-state index contributed by atoms with van der Waals surface area (Å²) in [5, 5.41) is 1.20. The van der Waals surface area contributed by atoms with Gasteiger partial charge in [0.05, 0.1) is 15.9 Å². The van der Waals surface area contributed by atoms with E-state index in [0.717, 1.165) is 18.4 Å². The molecule has 3 rings (SSSR count). The van der Waals surface area contributed by atoms with Crippen molar-refractivity contribution in [1.82, 2.24) is 9.55 Å². The molecule has 1 aromatic heterocycles. The Kier molecular flexibility index (Phi) is 2.79. The topological polar surface area (TPSA) is 37.8 Å². The molecule has 0 unspecified atom stereocenters. The van der Waals surface area contributed by atoms with Crippen molar-refractivity contribution in [2.45, 2.75) is 32.2 Å². The zero-order valence-corrected chi connectivity index (χ0v) is 11.6. The SMILES string of the molecule is Cc1ccc(Cl)c2[nH]c(=S)n(C3CCC3)c(=O)c12. The highest BCUT2D eigenvalue weighted by molar-refractivity contribution is 7.71. The van der Waals surface area contributed by atoms with E-state index < -0.39 is 0 Å². The van der Waals surface area contributed by atoms with Crippen molar-refractivity contribution >= 4 is 34.7 Å². The second kappa shape index (κ2) is 4.21. The number of halogens is 1. The average Bonchev–Trinajstić information content (AvgIpc) is 2.26. The lowest BCUT2D eigenvalue weighted by atomic mass is 9.93. The highest BCUT2D eigenvalue weighted by Crippen LogP contribution is 2.31. The van der Waals surface area contributed by atoms with Crippen molar-refractivity contribution < 1.29 is 0 Å². The number of aryl methyl sites for hydroxylation is 1. The molecule has 2 aromatic rings. The van der Waals surface area contributed by atoms with Gasteiger partial charge in [-0.3, -0.25) is 9.36 Å². The minimum absolute atomic E-state index is 0.0153. The Morgan fingerprint density at radius 1 is 1.44 bits per heavy atom. The van der Waals surface area contributed by atoms with E-state index in [1.807, 2.05) is 13.0 Å². The molecule has 1 aliphatic rings. The predicted molar refractivity (Wildman–Crippen MR) is 76.0 cm³/mol. The summed E-state index contributed by atoms with van der Waals surface area (Å²) >= 11 is 11.4. The van der Waals surface area contributed by atoms with Gasteiger partial charge in [0.2, 0.25) is 0 Å². The lowest BCUT2D eigenvalue weighted by molar-refractivity contribution is 0.302. The molecule has 94 valence electrons. The molecule has 0 atom stereocenters. The molecule has 5 heteroatoms. The van der Waals surface area contributed by atoms with Crippen LogP contribution in [0.25, 0.3) is 10.9 Å². The third kappa shape index (κ3) is 1.63. The summed E-state index contributed by atoms with van der Waals surface area (Å²) in [6.45, 7) is 1.92. The number of H-pyrrole nitrogens is 1. The Morgan fingerprint density at radius 2 is 2.17 bits per heavy atom. The molecule has 1 saturated carbocycles. The third-order valence-electron chi connectivity index (χ3n) is 3.69. The summed E-state index contributed by atoms with van der Waals surface area (Å²) in [6, 6.07) is 3.91. The monoisotopic (exact) mass is 280 g/mol. The van der Waals surface area contributed by atoms with Crippen LogP contribution in [0.2, 0.25) is 5.02 Å². The van der Waals surface area contributed by atoms with Crippen LogP contribution in [0.3, 0.4) is 0 Å². The van der Waals surface area contributed by atoms with Crippen molar-refractivity contribution in [3.63, 3.8) is 0 Å². The van der Waals surface area contributed by atoms with Gasteiger partial charge in [0, 0.05) is 6.04 Å². The molecule has 1 N–H and O–H groups in total. The third-order valence-corrected chi connectivity index (χ3v) is 4.30. The summed E-state index contributed by atoms with van der Waals surface area (Å²) in [7, 11) is 0. The van der Waals surface area contributed by atoms with E-state index in [-0.39, 0.29) is 11.6 Å². The largest absolute Gasteiger partial charge is 0.330 e. The van der Waals surface area contributed by atoms with E-state index in [1.165, 1.54) is 6.42 Å². The first-order chi connectivity index (χ1) is 8.59. The number of nitrogens with one attached hydrogen (secondary N) is 1. The average molecular weight is 281 g/mol. The van der Waals surface area contributed by atoms with Crippen LogP contribution >= 0.6 is 23.8 Å². The van der Waals surface area contributed by atoms with Gasteiger partial charge in [0.15, 0.2) is 4.77 Å². The number of hydrogen-bond acceptors (Lipinski definition) is 2. The van der Waals surface area contributed by atoms with Crippen molar-refractivity contribution in [1.29, 1.82) is 0 Å². The molecule has 1 heterocycles. The van der Waals surface area contributed by atoms with Crippen LogP contribution < -0.4 is 5.56 Å². The second-order valence-corrected chi connectivity index (χ2v) is 5.60. The van der Waals surface area contributed by atoms with Crippen LogP contribution in [0.15, 0.2) is 16.9 Å². The van der Waals surface area contributed by atoms with Crippen molar-refractivity contribution in [3.8, 4) is 0 Å². The van der Waals surface area contributed by atoms with Crippen LogP contribution in [-0.4, -0.2) is 9.55 Å². The lowest BCUT2D eigenvalue weighted by Gasteiger charge is -2.27. The fourth-order valence-corrected chi connectivity index (χ4v) is 2.97. The maximum absolute atomic E-state index is 12.6. The molecule has 1 fully saturated rings. The smallest absolute Gasteiger partial charge is 0.262 e. The normalized spacial score (nSPS) is 15.9. The molecule has 0 radical (unpaired) electrons. The first-order valence-corrected chi connectivity index (χ1v) is 6.82. The van der Waals surface area contributed by atoms with Gasteiger partial charge >= 0.3 is 0 Å². The van der Waals surface area contributed by atoms with Crippen molar-refractivity contribution in [2.24, 2.45) is 0 Å². The van der Waals surface area contributed by atoms with Gasteiger partial charge in [-0.15, -0.1) is 0 Å². The van der Waals surface area contributed by atoms with E-state index in [9.17, 15) is 4.79 Å². The Balaban J connectivity index is 2.44. The maximum atomic E-state index is 12.6. The minimum atomic E-state index is -0.0153. The van der Waals surface area contributed by atoms with E-state index in [1.54, 1.807) is 10.6 Å². The predicted octanol–water partition coefficient (Wildman–Crippen LogP) is 3.75. The zero-order chi connectivity index (χ0) is 12.9. The summed E-state index contributed by atoms with van der Waals surface area (Å²) in [6.07, 6.45) is 3.23. The van der Waals surface area contributed by atoms with E-state index in [0.29, 0.717) is 20.7 Å². The van der Waals surface area contributed by atoms with Gasteiger partial charge in [0.1, 0.15) is 0 Å².